The van der Waals surface area contributed by atoms with Crippen LogP contribution in [-0.4, -0.2) is 31.7 Å². The minimum absolute atomic E-state index is 0.0869. The summed E-state index contributed by atoms with van der Waals surface area (Å²) < 4.78 is 10.6. The fourth-order valence-electron chi connectivity index (χ4n) is 1.62. The van der Waals surface area contributed by atoms with E-state index in [4.69, 9.17) is 9.47 Å². The lowest BCUT2D eigenvalue weighted by Gasteiger charge is -2.12. The van der Waals surface area contributed by atoms with Gasteiger partial charge in [-0.25, -0.2) is 0 Å². The van der Waals surface area contributed by atoms with Crippen LogP contribution in [0.2, 0.25) is 0 Å². The predicted molar refractivity (Wildman–Crippen MR) is 54.3 cm³/mol. The predicted octanol–water partition coefficient (Wildman–Crippen LogP) is 1.80. The molecule has 2 unspecified atom stereocenters. The quantitative estimate of drug-likeness (QED) is 0.656. The summed E-state index contributed by atoms with van der Waals surface area (Å²) in [5, 5.41) is 0. The van der Waals surface area contributed by atoms with Gasteiger partial charge in [-0.15, -0.1) is 0 Å². The molecule has 0 spiro atoms. The Bertz CT molecular complexity index is 173. The molecule has 0 aromatic carbocycles. The lowest BCUT2D eigenvalue weighted by molar-refractivity contribution is -0.129. The van der Waals surface area contributed by atoms with Gasteiger partial charge in [-0.2, -0.15) is 0 Å². The normalized spacial score (nSPS) is 23.7. The van der Waals surface area contributed by atoms with E-state index in [0.29, 0.717) is 6.61 Å². The molecule has 82 valence electrons. The van der Waals surface area contributed by atoms with E-state index in [2.05, 4.69) is 6.92 Å². The van der Waals surface area contributed by atoms with E-state index < -0.39 is 0 Å². The molecule has 1 heterocycles. The number of rotatable bonds is 6. The van der Waals surface area contributed by atoms with Crippen molar-refractivity contribution in [2.45, 2.75) is 39.2 Å². The molecule has 1 aliphatic rings. The van der Waals surface area contributed by atoms with Crippen molar-refractivity contribution < 1.29 is 14.3 Å². The fourth-order valence-corrected chi connectivity index (χ4v) is 1.62. The molecule has 3 nitrogen and oxygen atoms in total. The largest absolute Gasteiger partial charge is 0.381 e. The maximum atomic E-state index is 11.5. The number of ether oxygens (including phenoxy) is 2. The molecular weight excluding hydrogens is 180 g/mol. The van der Waals surface area contributed by atoms with Crippen molar-refractivity contribution in [3.05, 3.63) is 0 Å². The standard InChI is InChI=1S/C11H20O3/c1-3-4-9(2)14-8-11(12)10-5-6-13-7-10/h9-10H,3-8H2,1-2H3. The van der Waals surface area contributed by atoms with Crippen LogP contribution in [0.3, 0.4) is 0 Å². The second kappa shape index (κ2) is 6.14. The molecule has 0 aliphatic carbocycles. The summed E-state index contributed by atoms with van der Waals surface area (Å²) in [5.41, 5.74) is 0. The molecule has 0 aromatic heterocycles. The van der Waals surface area contributed by atoms with Gasteiger partial charge in [0.1, 0.15) is 6.61 Å². The molecule has 2 atom stereocenters. The van der Waals surface area contributed by atoms with E-state index in [0.717, 1.165) is 25.9 Å². The number of carbonyl (C=O) groups is 1. The summed E-state index contributed by atoms with van der Waals surface area (Å²) >= 11 is 0. The zero-order valence-electron chi connectivity index (χ0n) is 9.12. The second-order valence-electron chi connectivity index (χ2n) is 3.94. The fraction of sp³-hybridized carbons (Fsp3) is 0.909. The maximum Gasteiger partial charge on any atom is 0.163 e. The minimum Gasteiger partial charge on any atom is -0.381 e. The first-order valence-corrected chi connectivity index (χ1v) is 5.46. The molecule has 0 N–H and O–H groups in total. The zero-order valence-corrected chi connectivity index (χ0v) is 9.12. The van der Waals surface area contributed by atoms with Gasteiger partial charge in [0, 0.05) is 12.5 Å². The molecule has 1 rings (SSSR count). The molecule has 1 aliphatic heterocycles. The van der Waals surface area contributed by atoms with Crippen molar-refractivity contribution in [1.29, 1.82) is 0 Å². The van der Waals surface area contributed by atoms with Crippen LogP contribution in [0.25, 0.3) is 0 Å². The lowest BCUT2D eigenvalue weighted by atomic mass is 10.0. The van der Waals surface area contributed by atoms with E-state index in [1.165, 1.54) is 0 Å². The number of Topliss-reactive ketones (excluding diaryl/α,β-unsaturated/α-hetero) is 1. The number of hydrogen-bond donors (Lipinski definition) is 0. The molecule has 14 heavy (non-hydrogen) atoms. The molecule has 0 aromatic rings. The van der Waals surface area contributed by atoms with Crippen molar-refractivity contribution >= 4 is 5.78 Å². The average molecular weight is 200 g/mol. The van der Waals surface area contributed by atoms with E-state index in [1.54, 1.807) is 0 Å². The van der Waals surface area contributed by atoms with Crippen LogP contribution in [0, 0.1) is 5.92 Å². The third-order valence-electron chi connectivity index (χ3n) is 2.59. The highest BCUT2D eigenvalue weighted by Crippen LogP contribution is 2.14. The third kappa shape index (κ3) is 3.76. The number of carbonyl (C=O) groups excluding carboxylic acids is 1. The first-order chi connectivity index (χ1) is 6.74. The SMILES string of the molecule is CCCC(C)OCC(=O)C1CCOC1. The van der Waals surface area contributed by atoms with Gasteiger partial charge < -0.3 is 9.47 Å². The molecular formula is C11H20O3. The summed E-state index contributed by atoms with van der Waals surface area (Å²) in [6.45, 7) is 5.70. The van der Waals surface area contributed by atoms with Gasteiger partial charge >= 0.3 is 0 Å². The third-order valence-corrected chi connectivity index (χ3v) is 2.59. The van der Waals surface area contributed by atoms with Gasteiger partial charge in [0.25, 0.3) is 0 Å². The Morgan fingerprint density at radius 1 is 1.64 bits per heavy atom. The van der Waals surface area contributed by atoms with Crippen molar-refractivity contribution in [1.82, 2.24) is 0 Å². The van der Waals surface area contributed by atoms with Gasteiger partial charge in [-0.05, 0) is 19.8 Å². The van der Waals surface area contributed by atoms with Crippen molar-refractivity contribution in [3.8, 4) is 0 Å². The van der Waals surface area contributed by atoms with Crippen LogP contribution < -0.4 is 0 Å². The summed E-state index contributed by atoms with van der Waals surface area (Å²) in [5.74, 6) is 0.286. The molecule has 0 saturated carbocycles. The molecule has 1 fully saturated rings. The Hall–Kier alpha value is -0.410. The van der Waals surface area contributed by atoms with E-state index in [1.807, 2.05) is 6.92 Å². The lowest BCUT2D eigenvalue weighted by Crippen LogP contribution is -2.22. The first kappa shape index (κ1) is 11.7. The van der Waals surface area contributed by atoms with Gasteiger partial charge in [0.2, 0.25) is 0 Å². The molecule has 0 bridgehead atoms. The first-order valence-electron chi connectivity index (χ1n) is 5.46. The monoisotopic (exact) mass is 200 g/mol. The summed E-state index contributed by atoms with van der Waals surface area (Å²) in [6, 6.07) is 0. The van der Waals surface area contributed by atoms with Gasteiger partial charge in [0.05, 0.1) is 12.7 Å². The van der Waals surface area contributed by atoms with E-state index in [-0.39, 0.29) is 24.4 Å². The number of ketones is 1. The highest BCUT2D eigenvalue weighted by atomic mass is 16.5. The van der Waals surface area contributed by atoms with Crippen molar-refractivity contribution in [3.63, 3.8) is 0 Å². The molecule has 0 amide bonds. The summed E-state index contributed by atoms with van der Waals surface area (Å²) in [7, 11) is 0. The Balaban J connectivity index is 2.13. The van der Waals surface area contributed by atoms with Crippen LogP contribution >= 0.6 is 0 Å². The summed E-state index contributed by atoms with van der Waals surface area (Å²) in [6.07, 6.45) is 3.19. The highest BCUT2D eigenvalue weighted by Gasteiger charge is 2.23. The Morgan fingerprint density at radius 2 is 2.43 bits per heavy atom. The van der Waals surface area contributed by atoms with Crippen LogP contribution in [0.15, 0.2) is 0 Å². The van der Waals surface area contributed by atoms with Crippen molar-refractivity contribution in [2.24, 2.45) is 5.92 Å². The average Bonchev–Trinajstić information content (AvgIpc) is 2.67. The molecule has 1 saturated heterocycles. The Morgan fingerprint density at radius 3 is 3.00 bits per heavy atom. The summed E-state index contributed by atoms with van der Waals surface area (Å²) in [4.78, 5) is 11.5. The zero-order chi connectivity index (χ0) is 10.4. The van der Waals surface area contributed by atoms with Crippen molar-refractivity contribution in [2.75, 3.05) is 19.8 Å². The van der Waals surface area contributed by atoms with Crippen LogP contribution in [0.5, 0.6) is 0 Å². The van der Waals surface area contributed by atoms with E-state index in [9.17, 15) is 4.79 Å². The van der Waals surface area contributed by atoms with Gasteiger partial charge in [-0.1, -0.05) is 13.3 Å². The highest BCUT2D eigenvalue weighted by molar-refractivity contribution is 5.82. The van der Waals surface area contributed by atoms with Crippen LogP contribution in [0.1, 0.15) is 33.1 Å². The maximum absolute atomic E-state index is 11.5. The molecule has 0 radical (unpaired) electrons. The molecule has 3 heteroatoms. The van der Waals surface area contributed by atoms with E-state index >= 15 is 0 Å². The minimum atomic E-state index is 0.0869. The van der Waals surface area contributed by atoms with Gasteiger partial charge in [0.15, 0.2) is 5.78 Å². The number of hydrogen-bond acceptors (Lipinski definition) is 3. The van der Waals surface area contributed by atoms with Gasteiger partial charge in [-0.3, -0.25) is 4.79 Å². The second-order valence-corrected chi connectivity index (χ2v) is 3.94. The van der Waals surface area contributed by atoms with Crippen LogP contribution in [0.4, 0.5) is 0 Å². The smallest absolute Gasteiger partial charge is 0.163 e. The Kier molecular flexibility index (Phi) is 5.12. The topological polar surface area (TPSA) is 35.5 Å². The van der Waals surface area contributed by atoms with Crippen LogP contribution in [-0.2, 0) is 14.3 Å². The Labute approximate surface area is 85.8 Å².